The van der Waals surface area contributed by atoms with Crippen molar-refractivity contribution in [3.63, 3.8) is 0 Å². The van der Waals surface area contributed by atoms with Crippen LogP contribution in [0.5, 0.6) is 0 Å². The smallest absolute Gasteiger partial charge is 0.00983 e. The molecule has 1 aliphatic rings. The van der Waals surface area contributed by atoms with Crippen LogP contribution >= 0.6 is 0 Å². The lowest BCUT2D eigenvalue weighted by Gasteiger charge is -2.34. The van der Waals surface area contributed by atoms with E-state index in [0.717, 1.165) is 24.4 Å². The molecule has 1 N–H and O–H groups in total. The standard InChI is InChI=1S/C15H29N/c1-5-16-15(10-9-12(2)3)14-8-6-7-13(4)11-14/h13-16H,2,5-11H2,1,3-4H3. The Bertz CT molecular complexity index is 209. The van der Waals surface area contributed by atoms with Gasteiger partial charge in [0.15, 0.2) is 0 Å². The minimum absolute atomic E-state index is 0.726. The summed E-state index contributed by atoms with van der Waals surface area (Å²) in [7, 11) is 0. The largest absolute Gasteiger partial charge is 0.314 e. The van der Waals surface area contributed by atoms with E-state index < -0.39 is 0 Å². The van der Waals surface area contributed by atoms with Crippen LogP contribution in [0.25, 0.3) is 0 Å². The van der Waals surface area contributed by atoms with Crippen LogP contribution < -0.4 is 5.32 Å². The van der Waals surface area contributed by atoms with Gasteiger partial charge in [-0.1, -0.05) is 32.3 Å². The van der Waals surface area contributed by atoms with Crippen molar-refractivity contribution in [2.24, 2.45) is 11.8 Å². The first kappa shape index (κ1) is 13.8. The van der Waals surface area contributed by atoms with Crippen LogP contribution in [0.2, 0.25) is 0 Å². The minimum atomic E-state index is 0.726. The molecule has 1 heteroatoms. The molecule has 3 atom stereocenters. The van der Waals surface area contributed by atoms with Gasteiger partial charge in [-0.3, -0.25) is 0 Å². The van der Waals surface area contributed by atoms with E-state index in [2.05, 4.69) is 32.7 Å². The SMILES string of the molecule is C=C(C)CCC(NCC)C1CCCC(C)C1. The zero-order chi connectivity index (χ0) is 12.0. The highest BCUT2D eigenvalue weighted by Gasteiger charge is 2.25. The second-order valence-electron chi connectivity index (χ2n) is 5.69. The summed E-state index contributed by atoms with van der Waals surface area (Å²) >= 11 is 0. The number of allylic oxidation sites excluding steroid dienone is 1. The Morgan fingerprint density at radius 1 is 1.44 bits per heavy atom. The molecule has 1 rings (SSSR count). The van der Waals surface area contributed by atoms with E-state index in [1.165, 1.54) is 44.1 Å². The van der Waals surface area contributed by atoms with Crippen molar-refractivity contribution in [1.82, 2.24) is 5.32 Å². The zero-order valence-electron chi connectivity index (χ0n) is 11.4. The third kappa shape index (κ3) is 4.69. The van der Waals surface area contributed by atoms with Crippen molar-refractivity contribution in [2.45, 2.75) is 65.3 Å². The van der Waals surface area contributed by atoms with Gasteiger partial charge >= 0.3 is 0 Å². The Labute approximate surface area is 102 Å². The monoisotopic (exact) mass is 223 g/mol. The molecule has 0 spiro atoms. The van der Waals surface area contributed by atoms with Crippen molar-refractivity contribution in [1.29, 1.82) is 0 Å². The van der Waals surface area contributed by atoms with Crippen LogP contribution in [0, 0.1) is 11.8 Å². The summed E-state index contributed by atoms with van der Waals surface area (Å²) < 4.78 is 0. The average Bonchev–Trinajstić information content (AvgIpc) is 2.24. The van der Waals surface area contributed by atoms with Crippen molar-refractivity contribution in [3.8, 4) is 0 Å². The molecule has 16 heavy (non-hydrogen) atoms. The van der Waals surface area contributed by atoms with Crippen LogP contribution in [0.1, 0.15) is 59.3 Å². The summed E-state index contributed by atoms with van der Waals surface area (Å²) in [6.45, 7) is 11.9. The molecule has 0 heterocycles. The van der Waals surface area contributed by atoms with Gasteiger partial charge in [-0.25, -0.2) is 0 Å². The molecule has 0 bridgehead atoms. The summed E-state index contributed by atoms with van der Waals surface area (Å²) in [5.41, 5.74) is 1.33. The van der Waals surface area contributed by atoms with Gasteiger partial charge in [-0.2, -0.15) is 0 Å². The van der Waals surface area contributed by atoms with Crippen LogP contribution in [0.15, 0.2) is 12.2 Å². The maximum Gasteiger partial charge on any atom is 0.00983 e. The Hall–Kier alpha value is -0.300. The fourth-order valence-electron chi connectivity index (χ4n) is 3.02. The van der Waals surface area contributed by atoms with Gasteiger partial charge in [0, 0.05) is 6.04 Å². The van der Waals surface area contributed by atoms with Crippen LogP contribution in [0.3, 0.4) is 0 Å². The maximum absolute atomic E-state index is 4.02. The van der Waals surface area contributed by atoms with Gasteiger partial charge in [0.2, 0.25) is 0 Å². The van der Waals surface area contributed by atoms with E-state index in [0.29, 0.717) is 0 Å². The van der Waals surface area contributed by atoms with Gasteiger partial charge in [0.1, 0.15) is 0 Å². The lowest BCUT2D eigenvalue weighted by atomic mass is 9.77. The highest BCUT2D eigenvalue weighted by Crippen LogP contribution is 2.32. The van der Waals surface area contributed by atoms with Gasteiger partial charge in [-0.05, 0) is 51.0 Å². The first-order chi connectivity index (χ1) is 7.63. The van der Waals surface area contributed by atoms with Crippen LogP contribution in [-0.4, -0.2) is 12.6 Å². The van der Waals surface area contributed by atoms with Crippen LogP contribution in [-0.2, 0) is 0 Å². The molecule has 0 aromatic rings. The molecule has 1 nitrogen and oxygen atoms in total. The molecule has 1 saturated carbocycles. The third-order valence-corrected chi connectivity index (χ3v) is 3.89. The quantitative estimate of drug-likeness (QED) is 0.667. The molecular formula is C15H29N. The number of hydrogen-bond donors (Lipinski definition) is 1. The fourth-order valence-corrected chi connectivity index (χ4v) is 3.02. The Morgan fingerprint density at radius 3 is 2.75 bits per heavy atom. The third-order valence-electron chi connectivity index (χ3n) is 3.89. The molecule has 94 valence electrons. The first-order valence-electron chi connectivity index (χ1n) is 7.01. The lowest BCUT2D eigenvalue weighted by molar-refractivity contribution is 0.216. The van der Waals surface area contributed by atoms with Gasteiger partial charge in [-0.15, -0.1) is 6.58 Å². The molecule has 1 aliphatic carbocycles. The van der Waals surface area contributed by atoms with Crippen molar-refractivity contribution in [2.75, 3.05) is 6.54 Å². The van der Waals surface area contributed by atoms with E-state index in [-0.39, 0.29) is 0 Å². The molecule has 3 unspecified atom stereocenters. The molecule has 0 aromatic heterocycles. The second kappa shape index (κ2) is 7.11. The van der Waals surface area contributed by atoms with E-state index in [9.17, 15) is 0 Å². The van der Waals surface area contributed by atoms with E-state index in [4.69, 9.17) is 0 Å². The summed E-state index contributed by atoms with van der Waals surface area (Å²) in [6.07, 6.45) is 8.19. The highest BCUT2D eigenvalue weighted by molar-refractivity contribution is 4.91. The van der Waals surface area contributed by atoms with Crippen LogP contribution in [0.4, 0.5) is 0 Å². The Balaban J connectivity index is 2.43. The number of hydrogen-bond acceptors (Lipinski definition) is 1. The first-order valence-corrected chi connectivity index (χ1v) is 7.01. The molecule has 0 amide bonds. The molecule has 1 fully saturated rings. The summed E-state index contributed by atoms with van der Waals surface area (Å²) in [6, 6.07) is 0.726. The van der Waals surface area contributed by atoms with E-state index in [1.807, 2.05) is 0 Å². The second-order valence-corrected chi connectivity index (χ2v) is 5.69. The Kier molecular flexibility index (Phi) is 6.12. The molecule has 0 radical (unpaired) electrons. The lowest BCUT2D eigenvalue weighted by Crippen LogP contribution is -2.38. The Morgan fingerprint density at radius 2 is 2.19 bits per heavy atom. The van der Waals surface area contributed by atoms with E-state index in [1.54, 1.807) is 0 Å². The fraction of sp³-hybridized carbons (Fsp3) is 0.867. The number of rotatable bonds is 6. The highest BCUT2D eigenvalue weighted by atomic mass is 14.9. The number of nitrogens with one attached hydrogen (secondary N) is 1. The minimum Gasteiger partial charge on any atom is -0.314 e. The van der Waals surface area contributed by atoms with Gasteiger partial charge in [0.25, 0.3) is 0 Å². The molecule has 0 aromatic carbocycles. The summed E-state index contributed by atoms with van der Waals surface area (Å²) in [5.74, 6) is 1.84. The van der Waals surface area contributed by atoms with Gasteiger partial charge < -0.3 is 5.32 Å². The zero-order valence-corrected chi connectivity index (χ0v) is 11.4. The average molecular weight is 223 g/mol. The van der Waals surface area contributed by atoms with Gasteiger partial charge in [0.05, 0.1) is 0 Å². The van der Waals surface area contributed by atoms with Crippen molar-refractivity contribution >= 4 is 0 Å². The van der Waals surface area contributed by atoms with Crippen molar-refractivity contribution < 1.29 is 0 Å². The molecular weight excluding hydrogens is 194 g/mol. The predicted molar refractivity (Wildman–Crippen MR) is 72.6 cm³/mol. The van der Waals surface area contributed by atoms with E-state index >= 15 is 0 Å². The predicted octanol–water partition coefficient (Wildman–Crippen LogP) is 4.15. The normalized spacial score (nSPS) is 27.7. The molecule has 0 aliphatic heterocycles. The summed E-state index contributed by atoms with van der Waals surface area (Å²) in [5, 5.41) is 3.69. The summed E-state index contributed by atoms with van der Waals surface area (Å²) in [4.78, 5) is 0. The molecule has 0 saturated heterocycles. The topological polar surface area (TPSA) is 12.0 Å². The maximum atomic E-state index is 4.02. The van der Waals surface area contributed by atoms with Crippen molar-refractivity contribution in [3.05, 3.63) is 12.2 Å².